The number of methoxy groups -OCH3 is 1. The van der Waals surface area contributed by atoms with Gasteiger partial charge in [-0.15, -0.1) is 0 Å². The fraction of sp³-hybridized carbons (Fsp3) is 0.269. The number of hydrogen-bond donors (Lipinski definition) is 1. The molecule has 2 aromatic heterocycles. The molecule has 0 saturated heterocycles. The van der Waals surface area contributed by atoms with Crippen LogP contribution in [0.15, 0.2) is 55.1 Å². The molecule has 1 N–H and O–H groups in total. The first-order valence-electron chi connectivity index (χ1n) is 11.6. The molecule has 0 unspecified atom stereocenters. The third-order valence-corrected chi connectivity index (χ3v) is 6.29. The predicted octanol–water partition coefficient (Wildman–Crippen LogP) is 5.52. The first-order chi connectivity index (χ1) is 17.1. The lowest BCUT2D eigenvalue weighted by molar-refractivity contribution is 0.310. The Hall–Kier alpha value is -4.14. The number of halogens is 1. The second kappa shape index (κ2) is 8.57. The number of benzene rings is 2. The number of imidazole rings is 1. The molecule has 0 bridgehead atoms. The molecule has 1 aliphatic heterocycles. The van der Waals surface area contributed by atoms with Crippen molar-refractivity contribution in [2.45, 2.75) is 25.7 Å². The fourth-order valence-corrected chi connectivity index (χ4v) is 4.45. The van der Waals surface area contributed by atoms with Crippen LogP contribution in [-0.2, 0) is 0 Å². The summed E-state index contributed by atoms with van der Waals surface area (Å²) in [5.41, 5.74) is 4.60. The maximum Gasteiger partial charge on any atom is 0.229 e. The highest BCUT2D eigenvalue weighted by atomic mass is 19.1. The van der Waals surface area contributed by atoms with Crippen molar-refractivity contribution >= 4 is 23.1 Å². The van der Waals surface area contributed by atoms with Gasteiger partial charge in [-0.25, -0.2) is 14.4 Å². The fourth-order valence-electron chi connectivity index (χ4n) is 4.45. The van der Waals surface area contributed by atoms with Crippen LogP contribution in [0, 0.1) is 12.7 Å². The average Bonchev–Trinajstić information content (AvgIpc) is 3.64. The molecule has 35 heavy (non-hydrogen) atoms. The zero-order valence-corrected chi connectivity index (χ0v) is 19.5. The lowest BCUT2D eigenvalue weighted by atomic mass is 10.1. The molecule has 1 saturated carbocycles. The number of aromatic nitrogens is 4. The molecule has 4 aromatic rings. The Bertz CT molecular complexity index is 1410. The summed E-state index contributed by atoms with van der Waals surface area (Å²) in [5.74, 6) is 2.59. The molecule has 6 rings (SSSR count). The second-order valence-electron chi connectivity index (χ2n) is 8.79. The molecule has 2 aromatic carbocycles. The molecule has 0 radical (unpaired) electrons. The molecule has 0 amide bonds. The van der Waals surface area contributed by atoms with Crippen molar-refractivity contribution in [2.75, 3.05) is 30.5 Å². The van der Waals surface area contributed by atoms with Crippen molar-refractivity contribution in [3.63, 3.8) is 0 Å². The standard InChI is InChI=1S/C26H25FN6O2.H2/c1-16-14-32(15-29-16)22-8-6-19(12-23(22)34-2)30-26-28-13-24-25(31-26)33(9-10-35-24)21-7-5-18(27)11-20(21)17-3-4-17;/h5-8,11-15,17H,3-4,9-10H2,1-2H3,(H,28,30,31);1H. The Morgan fingerprint density at radius 2 is 2.00 bits per heavy atom. The van der Waals surface area contributed by atoms with Crippen LogP contribution in [0.2, 0.25) is 0 Å². The number of anilines is 4. The topological polar surface area (TPSA) is 77.3 Å². The Kier molecular flexibility index (Phi) is 5.24. The Morgan fingerprint density at radius 3 is 2.77 bits per heavy atom. The van der Waals surface area contributed by atoms with E-state index in [0.717, 1.165) is 41.2 Å². The van der Waals surface area contributed by atoms with Crippen molar-refractivity contribution in [3.05, 3.63) is 72.2 Å². The van der Waals surface area contributed by atoms with Crippen molar-refractivity contribution < 1.29 is 15.3 Å². The van der Waals surface area contributed by atoms with Gasteiger partial charge in [-0.05, 0) is 61.6 Å². The van der Waals surface area contributed by atoms with Crippen LogP contribution >= 0.6 is 0 Å². The van der Waals surface area contributed by atoms with Gasteiger partial charge < -0.3 is 24.3 Å². The first-order valence-corrected chi connectivity index (χ1v) is 11.6. The quantitative estimate of drug-likeness (QED) is 0.394. The zero-order valence-electron chi connectivity index (χ0n) is 19.5. The van der Waals surface area contributed by atoms with E-state index < -0.39 is 0 Å². The summed E-state index contributed by atoms with van der Waals surface area (Å²) in [7, 11) is 1.64. The van der Waals surface area contributed by atoms with Gasteiger partial charge in [0.15, 0.2) is 11.6 Å². The van der Waals surface area contributed by atoms with E-state index in [0.29, 0.717) is 42.3 Å². The van der Waals surface area contributed by atoms with Crippen molar-refractivity contribution in [1.82, 2.24) is 19.5 Å². The Labute approximate surface area is 203 Å². The van der Waals surface area contributed by atoms with Crippen LogP contribution in [0.4, 0.5) is 27.5 Å². The van der Waals surface area contributed by atoms with Crippen LogP contribution < -0.4 is 19.7 Å². The van der Waals surface area contributed by atoms with Crippen LogP contribution in [0.5, 0.6) is 11.5 Å². The SMILES string of the molecule is COc1cc(Nc2ncc3c(n2)N(c2ccc(F)cc2C2CC2)CCO3)ccc1-n1cnc(C)c1.[HH]. The molecule has 1 fully saturated rings. The average molecular weight is 475 g/mol. The van der Waals surface area contributed by atoms with E-state index in [4.69, 9.17) is 14.5 Å². The summed E-state index contributed by atoms with van der Waals surface area (Å²) >= 11 is 0. The van der Waals surface area contributed by atoms with Gasteiger partial charge in [-0.1, -0.05) is 0 Å². The number of ether oxygens (including phenoxy) is 2. The molecule has 2 aliphatic rings. The highest BCUT2D eigenvalue weighted by molar-refractivity contribution is 5.72. The van der Waals surface area contributed by atoms with E-state index in [1.165, 1.54) is 6.07 Å². The maximum atomic E-state index is 14.0. The number of nitrogens with zero attached hydrogens (tertiary/aromatic N) is 5. The van der Waals surface area contributed by atoms with Gasteiger partial charge in [0.2, 0.25) is 5.95 Å². The van der Waals surface area contributed by atoms with Gasteiger partial charge in [0.1, 0.15) is 18.2 Å². The largest absolute Gasteiger partial charge is 0.494 e. The molecule has 180 valence electrons. The number of rotatable bonds is 6. The van der Waals surface area contributed by atoms with Gasteiger partial charge in [0, 0.05) is 25.1 Å². The minimum atomic E-state index is -0.211. The third kappa shape index (κ3) is 4.14. The van der Waals surface area contributed by atoms with Crippen molar-refractivity contribution in [1.29, 1.82) is 0 Å². The smallest absolute Gasteiger partial charge is 0.229 e. The molecule has 0 atom stereocenters. The van der Waals surface area contributed by atoms with Gasteiger partial charge in [-0.3, -0.25) is 0 Å². The molecule has 3 heterocycles. The summed E-state index contributed by atoms with van der Waals surface area (Å²) < 4.78 is 27.4. The molecular formula is C26H27FN6O2. The molecule has 0 spiro atoms. The highest BCUT2D eigenvalue weighted by Crippen LogP contribution is 2.47. The summed E-state index contributed by atoms with van der Waals surface area (Å²) in [5, 5.41) is 3.27. The first kappa shape index (κ1) is 21.4. The van der Waals surface area contributed by atoms with E-state index >= 15 is 0 Å². The predicted molar refractivity (Wildman–Crippen MR) is 133 cm³/mol. The number of fused-ring (bicyclic) bond motifs is 1. The minimum Gasteiger partial charge on any atom is -0.494 e. The zero-order chi connectivity index (χ0) is 23.9. The number of aryl methyl sites for hydroxylation is 1. The van der Waals surface area contributed by atoms with E-state index in [1.807, 2.05) is 42.0 Å². The van der Waals surface area contributed by atoms with Crippen molar-refractivity contribution in [2.24, 2.45) is 0 Å². The lowest BCUT2D eigenvalue weighted by Crippen LogP contribution is -2.30. The second-order valence-corrected chi connectivity index (χ2v) is 8.79. The van der Waals surface area contributed by atoms with Gasteiger partial charge in [0.25, 0.3) is 0 Å². The van der Waals surface area contributed by atoms with Crippen molar-refractivity contribution in [3.8, 4) is 17.2 Å². The summed E-state index contributed by atoms with van der Waals surface area (Å²) in [6.45, 7) is 3.08. The lowest BCUT2D eigenvalue weighted by Gasteiger charge is -2.31. The summed E-state index contributed by atoms with van der Waals surface area (Å²) in [6, 6.07) is 10.8. The van der Waals surface area contributed by atoms with E-state index in [2.05, 4.69) is 20.2 Å². The summed E-state index contributed by atoms with van der Waals surface area (Å²) in [6.07, 6.45) is 7.54. The molecule has 8 nitrogen and oxygen atoms in total. The monoisotopic (exact) mass is 474 g/mol. The van der Waals surface area contributed by atoms with E-state index in [9.17, 15) is 4.39 Å². The normalized spacial score (nSPS) is 14.9. The van der Waals surface area contributed by atoms with E-state index in [1.54, 1.807) is 25.7 Å². The number of hydrogen-bond acceptors (Lipinski definition) is 7. The van der Waals surface area contributed by atoms with Crippen LogP contribution in [0.3, 0.4) is 0 Å². The van der Waals surface area contributed by atoms with Crippen LogP contribution in [-0.4, -0.2) is 39.8 Å². The third-order valence-electron chi connectivity index (χ3n) is 6.29. The molecular weight excluding hydrogens is 447 g/mol. The van der Waals surface area contributed by atoms with Gasteiger partial charge in [0.05, 0.1) is 37.6 Å². The maximum absolute atomic E-state index is 14.0. The van der Waals surface area contributed by atoms with Crippen LogP contribution in [0.1, 0.15) is 31.4 Å². The molecule has 9 heteroatoms. The van der Waals surface area contributed by atoms with E-state index in [-0.39, 0.29) is 7.24 Å². The van der Waals surface area contributed by atoms with Gasteiger partial charge >= 0.3 is 0 Å². The van der Waals surface area contributed by atoms with Crippen LogP contribution in [0.25, 0.3) is 5.69 Å². The number of nitrogens with one attached hydrogen (secondary N) is 1. The minimum absolute atomic E-state index is 0. The summed E-state index contributed by atoms with van der Waals surface area (Å²) in [4.78, 5) is 15.6. The Balaban J connectivity index is 0.00000267. The van der Waals surface area contributed by atoms with Gasteiger partial charge in [-0.2, -0.15) is 4.98 Å². The Morgan fingerprint density at radius 1 is 1.14 bits per heavy atom. The highest BCUT2D eigenvalue weighted by Gasteiger charge is 2.31. The molecule has 1 aliphatic carbocycles.